The second-order valence-electron chi connectivity index (χ2n) is 5.88. The highest BCUT2D eigenvalue weighted by Crippen LogP contribution is 2.29. The molecule has 1 fully saturated rings. The molecule has 2 N–H and O–H groups in total. The average Bonchev–Trinajstić information content (AvgIpc) is 2.53. The third-order valence-electron chi connectivity index (χ3n) is 4.39. The van der Waals surface area contributed by atoms with E-state index in [-0.39, 0.29) is 24.8 Å². The molecule has 0 unspecified atom stereocenters. The summed E-state index contributed by atoms with van der Waals surface area (Å²) in [5.74, 6) is 0.336. The topological polar surface area (TPSA) is 35.5 Å². The molecule has 3 rings (SSSR count). The Balaban J connectivity index is 0.00000132. The zero-order chi connectivity index (χ0) is 14.7. The maximum atomic E-state index is 9.58. The fraction of sp³-hybridized carbons (Fsp3) is 0.444. The van der Waals surface area contributed by atoms with E-state index >= 15 is 0 Å². The summed E-state index contributed by atoms with van der Waals surface area (Å²) in [7, 11) is 0. The van der Waals surface area contributed by atoms with Crippen LogP contribution in [0.25, 0.3) is 10.8 Å². The van der Waals surface area contributed by atoms with Gasteiger partial charge < -0.3 is 10.4 Å². The Kier molecular flexibility index (Phi) is 8.13. The third-order valence-corrected chi connectivity index (χ3v) is 4.39. The van der Waals surface area contributed by atoms with Crippen LogP contribution in [0.2, 0.25) is 0 Å². The Morgan fingerprint density at radius 1 is 1.04 bits per heavy atom. The van der Waals surface area contributed by atoms with Gasteiger partial charge in [0.25, 0.3) is 0 Å². The molecule has 0 aromatic heterocycles. The molecule has 3 nitrogen and oxygen atoms in total. The third kappa shape index (κ3) is 4.74. The quantitative estimate of drug-likeness (QED) is 0.864. The molecule has 5 heteroatoms. The highest BCUT2D eigenvalue weighted by atomic mass is 35.5. The summed E-state index contributed by atoms with van der Waals surface area (Å²) in [6.07, 6.45) is 2.39. The van der Waals surface area contributed by atoms with Crippen molar-refractivity contribution < 1.29 is 5.11 Å². The van der Waals surface area contributed by atoms with Crippen molar-refractivity contribution in [2.45, 2.75) is 25.8 Å². The van der Waals surface area contributed by atoms with E-state index in [4.69, 9.17) is 0 Å². The molecule has 0 radical (unpaired) electrons. The largest absolute Gasteiger partial charge is 0.508 e. The van der Waals surface area contributed by atoms with E-state index in [1.807, 2.05) is 12.1 Å². The maximum Gasteiger partial charge on any atom is 0.116 e. The zero-order valence-electron chi connectivity index (χ0n) is 13.5. The average molecular weight is 357 g/mol. The normalized spacial score (nSPS) is 16.4. The number of hydrogen-bond donors (Lipinski definition) is 2. The van der Waals surface area contributed by atoms with Gasteiger partial charge in [0, 0.05) is 32.2 Å². The number of rotatable bonds is 4. The molecule has 2 aromatic carbocycles. The summed E-state index contributed by atoms with van der Waals surface area (Å²) >= 11 is 0. The van der Waals surface area contributed by atoms with E-state index in [1.54, 1.807) is 6.07 Å². The molecule has 23 heavy (non-hydrogen) atoms. The molecule has 128 valence electrons. The van der Waals surface area contributed by atoms with Gasteiger partial charge >= 0.3 is 0 Å². The van der Waals surface area contributed by atoms with Crippen LogP contribution >= 0.6 is 24.8 Å². The zero-order valence-corrected chi connectivity index (χ0v) is 15.1. The number of phenols is 1. The number of halogens is 2. The predicted octanol–water partition coefficient (Wildman–Crippen LogP) is 4.14. The van der Waals surface area contributed by atoms with Crippen molar-refractivity contribution in [2.75, 3.05) is 26.2 Å². The molecular weight excluding hydrogens is 331 g/mol. The van der Waals surface area contributed by atoms with Gasteiger partial charge in [0.2, 0.25) is 0 Å². The van der Waals surface area contributed by atoms with Gasteiger partial charge in [0.15, 0.2) is 0 Å². The van der Waals surface area contributed by atoms with E-state index in [2.05, 4.69) is 35.3 Å². The molecule has 2 aromatic rings. The first-order valence-corrected chi connectivity index (χ1v) is 7.95. The maximum absolute atomic E-state index is 9.58. The predicted molar refractivity (Wildman–Crippen MR) is 102 cm³/mol. The first-order valence-electron chi connectivity index (χ1n) is 7.95. The van der Waals surface area contributed by atoms with Gasteiger partial charge in [0.1, 0.15) is 5.75 Å². The lowest BCUT2D eigenvalue weighted by molar-refractivity contribution is 0.165. The monoisotopic (exact) mass is 356 g/mol. The molecular formula is C18H26Cl2N2O. The van der Waals surface area contributed by atoms with Crippen LogP contribution in [0.1, 0.15) is 31.4 Å². The first-order chi connectivity index (χ1) is 10.3. The molecule has 1 aliphatic rings. The van der Waals surface area contributed by atoms with Gasteiger partial charge in [-0.15, -0.1) is 24.8 Å². The first kappa shape index (κ1) is 20.0. The van der Waals surface area contributed by atoms with Crippen LogP contribution in [0.3, 0.4) is 0 Å². The van der Waals surface area contributed by atoms with Crippen LogP contribution in [0.15, 0.2) is 36.4 Å². The number of piperazine rings is 1. The fourth-order valence-electron chi connectivity index (χ4n) is 3.29. The lowest BCUT2D eigenvalue weighted by atomic mass is 9.97. The van der Waals surface area contributed by atoms with Crippen molar-refractivity contribution in [3.8, 4) is 5.75 Å². The Morgan fingerprint density at radius 2 is 1.70 bits per heavy atom. The number of aromatic hydroxyl groups is 1. The summed E-state index contributed by atoms with van der Waals surface area (Å²) in [4.78, 5) is 2.60. The second-order valence-corrected chi connectivity index (χ2v) is 5.88. The summed E-state index contributed by atoms with van der Waals surface area (Å²) < 4.78 is 0. The summed E-state index contributed by atoms with van der Waals surface area (Å²) in [5, 5.41) is 15.3. The highest BCUT2D eigenvalue weighted by molar-refractivity contribution is 5.86. The number of fused-ring (bicyclic) bond motifs is 1. The number of nitrogens with zero attached hydrogens (tertiary/aromatic N) is 1. The smallest absolute Gasteiger partial charge is 0.116 e. The standard InChI is InChI=1S/C18H24N2O.2ClH/c1-2-3-18(20-10-8-19-9-11-20)16-5-4-15-13-17(21)7-6-14(15)12-16;;/h4-7,12-13,18-19,21H,2-3,8-11H2,1H3;2*1H/t18-;;/m1../s1. The highest BCUT2D eigenvalue weighted by Gasteiger charge is 2.21. The van der Waals surface area contributed by atoms with Crippen LogP contribution < -0.4 is 5.32 Å². The minimum atomic E-state index is 0. The SMILES string of the molecule is CCC[C@H](c1ccc2cc(O)ccc2c1)N1CCNCC1.Cl.Cl. The summed E-state index contributed by atoms with van der Waals surface area (Å²) in [5.41, 5.74) is 1.40. The lowest BCUT2D eigenvalue weighted by Gasteiger charge is -2.35. The van der Waals surface area contributed by atoms with Crippen LogP contribution in [0, 0.1) is 0 Å². The van der Waals surface area contributed by atoms with Crippen molar-refractivity contribution in [1.82, 2.24) is 10.2 Å². The second kappa shape index (κ2) is 9.33. The molecule has 0 spiro atoms. The van der Waals surface area contributed by atoms with Gasteiger partial charge in [-0.2, -0.15) is 0 Å². The molecule has 0 bridgehead atoms. The molecule has 1 atom stereocenters. The Labute approximate surface area is 150 Å². The van der Waals surface area contributed by atoms with Gasteiger partial charge in [-0.05, 0) is 41.0 Å². The van der Waals surface area contributed by atoms with Crippen molar-refractivity contribution in [3.05, 3.63) is 42.0 Å². The van der Waals surface area contributed by atoms with Crippen molar-refractivity contribution >= 4 is 35.6 Å². The van der Waals surface area contributed by atoms with Gasteiger partial charge in [0.05, 0.1) is 0 Å². The van der Waals surface area contributed by atoms with Crippen LogP contribution in [-0.4, -0.2) is 36.2 Å². The molecule has 1 aliphatic heterocycles. The van der Waals surface area contributed by atoms with Crippen molar-refractivity contribution in [3.63, 3.8) is 0 Å². The molecule has 0 saturated carbocycles. The van der Waals surface area contributed by atoms with Crippen molar-refractivity contribution in [1.29, 1.82) is 0 Å². The van der Waals surface area contributed by atoms with Gasteiger partial charge in [-0.3, -0.25) is 4.90 Å². The molecule has 0 aliphatic carbocycles. The molecule has 0 amide bonds. The number of nitrogens with one attached hydrogen (secondary N) is 1. The molecule has 1 saturated heterocycles. The van der Waals surface area contributed by atoms with Crippen LogP contribution in [0.5, 0.6) is 5.75 Å². The molecule has 1 heterocycles. The van der Waals surface area contributed by atoms with E-state index in [9.17, 15) is 5.11 Å². The summed E-state index contributed by atoms with van der Waals surface area (Å²) in [6, 6.07) is 12.8. The Morgan fingerprint density at radius 3 is 2.39 bits per heavy atom. The van der Waals surface area contributed by atoms with E-state index in [0.29, 0.717) is 11.8 Å². The Hall–Kier alpha value is -1.000. The number of hydrogen-bond acceptors (Lipinski definition) is 3. The van der Waals surface area contributed by atoms with Gasteiger partial charge in [-0.1, -0.05) is 31.5 Å². The Bertz CT molecular complexity index is 615. The minimum Gasteiger partial charge on any atom is -0.508 e. The minimum absolute atomic E-state index is 0. The van der Waals surface area contributed by atoms with E-state index in [1.165, 1.54) is 23.8 Å². The summed E-state index contributed by atoms with van der Waals surface area (Å²) in [6.45, 7) is 6.67. The van der Waals surface area contributed by atoms with E-state index < -0.39 is 0 Å². The van der Waals surface area contributed by atoms with Crippen LogP contribution in [0.4, 0.5) is 0 Å². The fourth-order valence-corrected chi connectivity index (χ4v) is 3.29. The number of benzene rings is 2. The van der Waals surface area contributed by atoms with Gasteiger partial charge in [-0.25, -0.2) is 0 Å². The lowest BCUT2D eigenvalue weighted by Crippen LogP contribution is -2.45. The van der Waals surface area contributed by atoms with Crippen LogP contribution in [-0.2, 0) is 0 Å². The van der Waals surface area contributed by atoms with E-state index in [0.717, 1.165) is 31.6 Å². The van der Waals surface area contributed by atoms with Crippen molar-refractivity contribution in [2.24, 2.45) is 0 Å². The number of phenolic OH excluding ortho intramolecular Hbond substituents is 1.